The highest BCUT2D eigenvalue weighted by atomic mass is 16.4. The SMILES string of the molecule is CC(C)C[C@H](NC(=O)CNC(=O)[C@@H](N)CC(=O)O)C(=O)N[C@@H](CC(C)C)C(=O)N[C@@H](Cc1ccccc1)C(=O)N[C@@H](CCCCN)C(=O)N[C@@H](Cc1cnc[nH]1)C(=O)O. The first kappa shape index (κ1) is 49.3. The molecule has 0 radical (unpaired) electrons. The van der Waals surface area contributed by atoms with E-state index in [2.05, 4.69) is 41.9 Å². The van der Waals surface area contributed by atoms with Crippen molar-refractivity contribution in [1.29, 1.82) is 0 Å². The van der Waals surface area contributed by atoms with E-state index in [0.717, 1.165) is 0 Å². The predicted molar refractivity (Wildman–Crippen MR) is 215 cm³/mol. The Balaban J connectivity index is 2.31. The molecule has 0 aliphatic carbocycles. The van der Waals surface area contributed by atoms with Crippen LogP contribution >= 0.6 is 0 Å². The molecule has 6 atom stereocenters. The zero-order chi connectivity index (χ0) is 44.1. The van der Waals surface area contributed by atoms with Gasteiger partial charge in [-0.05, 0) is 56.0 Å². The highest BCUT2D eigenvalue weighted by Gasteiger charge is 2.33. The number of imidazole rings is 1. The average molecular weight is 829 g/mol. The van der Waals surface area contributed by atoms with E-state index in [-0.39, 0.29) is 43.9 Å². The quantitative estimate of drug-likeness (QED) is 0.0475. The van der Waals surface area contributed by atoms with Crippen molar-refractivity contribution in [2.75, 3.05) is 13.1 Å². The van der Waals surface area contributed by atoms with Crippen molar-refractivity contribution in [1.82, 2.24) is 41.9 Å². The minimum absolute atomic E-state index is 0.0106. The van der Waals surface area contributed by atoms with Gasteiger partial charge in [-0.25, -0.2) is 9.78 Å². The van der Waals surface area contributed by atoms with E-state index >= 15 is 0 Å². The number of unbranched alkanes of at least 4 members (excludes halogenated alkanes) is 1. The monoisotopic (exact) mass is 828 g/mol. The van der Waals surface area contributed by atoms with Gasteiger partial charge in [0.25, 0.3) is 0 Å². The Morgan fingerprint density at radius 2 is 1.24 bits per heavy atom. The molecule has 0 unspecified atom stereocenters. The van der Waals surface area contributed by atoms with Crippen LogP contribution in [0.15, 0.2) is 42.9 Å². The van der Waals surface area contributed by atoms with Crippen molar-refractivity contribution in [3.63, 3.8) is 0 Å². The number of nitrogens with two attached hydrogens (primary N) is 2. The Morgan fingerprint density at radius 1 is 0.695 bits per heavy atom. The van der Waals surface area contributed by atoms with Crippen LogP contribution in [-0.4, -0.2) is 117 Å². The molecule has 0 fully saturated rings. The Bertz CT molecular complexity index is 1690. The molecule has 1 heterocycles. The standard InChI is InChI=1S/C39H60N10O10/c1-22(2)14-28(45-32(50)20-43-34(53)26(41)18-33(51)52)36(55)47-29(15-23(3)4)37(56)48-30(16-24-10-6-5-7-11-24)38(57)46-27(12-8-9-13-40)35(54)49-31(39(58)59)17-25-19-42-21-44-25/h5-7,10-11,19,21-23,26-31H,8-9,12-18,20,40-41H2,1-4H3,(H,42,44)(H,43,53)(H,45,50)(H,46,57)(H,47,55)(H,48,56)(H,49,54)(H,51,52)(H,58,59)/t26-,27-,28-,29-,30-,31-/m0/s1. The van der Waals surface area contributed by atoms with Gasteiger partial charge in [-0.1, -0.05) is 58.0 Å². The number of carbonyl (C=O) groups is 8. The number of hydrogen-bond donors (Lipinski definition) is 11. The van der Waals surface area contributed by atoms with Crippen LogP contribution in [0.4, 0.5) is 0 Å². The molecule has 1 aromatic heterocycles. The van der Waals surface area contributed by atoms with Gasteiger partial charge in [0.1, 0.15) is 30.2 Å². The fourth-order valence-corrected chi connectivity index (χ4v) is 5.96. The van der Waals surface area contributed by atoms with Crippen LogP contribution in [-0.2, 0) is 51.2 Å². The molecule has 13 N–H and O–H groups in total. The van der Waals surface area contributed by atoms with Gasteiger partial charge in [0.2, 0.25) is 35.4 Å². The molecule has 326 valence electrons. The topological polar surface area (TPSA) is 330 Å². The number of aliphatic carboxylic acids is 2. The number of aromatic nitrogens is 2. The van der Waals surface area contributed by atoms with Crippen molar-refractivity contribution in [2.24, 2.45) is 23.3 Å². The Hall–Kier alpha value is -5.89. The van der Waals surface area contributed by atoms with Crippen molar-refractivity contribution in [3.05, 3.63) is 54.1 Å². The van der Waals surface area contributed by atoms with Gasteiger partial charge >= 0.3 is 11.9 Å². The minimum atomic E-state index is -1.39. The van der Waals surface area contributed by atoms with Gasteiger partial charge in [0, 0.05) is 24.7 Å². The third kappa shape index (κ3) is 18.9. The zero-order valence-corrected chi connectivity index (χ0v) is 34.0. The second-order valence-electron chi connectivity index (χ2n) is 15.1. The summed E-state index contributed by atoms with van der Waals surface area (Å²) < 4.78 is 0. The number of carbonyl (C=O) groups excluding carboxylic acids is 6. The van der Waals surface area contributed by atoms with Gasteiger partial charge in [-0.2, -0.15) is 0 Å². The summed E-state index contributed by atoms with van der Waals surface area (Å²) in [5.74, 6) is -7.36. The zero-order valence-electron chi connectivity index (χ0n) is 34.0. The number of H-pyrrole nitrogens is 1. The van der Waals surface area contributed by atoms with Crippen molar-refractivity contribution < 1.29 is 48.6 Å². The molecule has 0 aliphatic heterocycles. The first-order valence-electron chi connectivity index (χ1n) is 19.6. The smallest absolute Gasteiger partial charge is 0.326 e. The normalized spacial score (nSPS) is 14.2. The van der Waals surface area contributed by atoms with Crippen LogP contribution in [0.2, 0.25) is 0 Å². The highest BCUT2D eigenvalue weighted by molar-refractivity contribution is 5.96. The molecular weight excluding hydrogens is 768 g/mol. The van der Waals surface area contributed by atoms with E-state index in [1.165, 1.54) is 12.5 Å². The van der Waals surface area contributed by atoms with E-state index in [4.69, 9.17) is 16.6 Å². The minimum Gasteiger partial charge on any atom is -0.481 e. The first-order valence-corrected chi connectivity index (χ1v) is 19.6. The number of nitrogens with one attached hydrogen (secondary N) is 7. The lowest BCUT2D eigenvalue weighted by molar-refractivity contribution is -0.142. The van der Waals surface area contributed by atoms with Crippen molar-refractivity contribution in [3.8, 4) is 0 Å². The van der Waals surface area contributed by atoms with E-state index in [1.807, 2.05) is 27.7 Å². The molecular formula is C39H60N10O10. The fraction of sp³-hybridized carbons (Fsp3) is 0.564. The predicted octanol–water partition coefficient (Wildman–Crippen LogP) is -1.16. The first-order chi connectivity index (χ1) is 27.9. The molecule has 2 rings (SSSR count). The summed E-state index contributed by atoms with van der Waals surface area (Å²) in [6.07, 6.45) is 3.39. The largest absolute Gasteiger partial charge is 0.481 e. The summed E-state index contributed by atoms with van der Waals surface area (Å²) in [5, 5.41) is 34.2. The molecule has 2 aromatic rings. The van der Waals surface area contributed by atoms with E-state index in [9.17, 15) is 43.5 Å². The number of hydrogen-bond acceptors (Lipinski definition) is 11. The van der Waals surface area contributed by atoms with Gasteiger partial charge < -0.3 is 58.6 Å². The lowest BCUT2D eigenvalue weighted by Crippen LogP contribution is -2.59. The van der Waals surface area contributed by atoms with E-state index in [1.54, 1.807) is 30.3 Å². The fourth-order valence-electron chi connectivity index (χ4n) is 5.96. The number of rotatable bonds is 27. The molecule has 0 saturated carbocycles. The average Bonchev–Trinajstić information content (AvgIpc) is 3.68. The molecule has 0 saturated heterocycles. The Morgan fingerprint density at radius 3 is 1.78 bits per heavy atom. The van der Waals surface area contributed by atoms with Crippen LogP contribution in [0.3, 0.4) is 0 Å². The Labute approximate surface area is 343 Å². The van der Waals surface area contributed by atoms with Crippen molar-refractivity contribution >= 4 is 47.4 Å². The summed E-state index contributed by atoms with van der Waals surface area (Å²) in [5.41, 5.74) is 12.4. The molecule has 20 heteroatoms. The van der Waals surface area contributed by atoms with E-state index in [0.29, 0.717) is 30.6 Å². The summed E-state index contributed by atoms with van der Waals surface area (Å²) in [7, 11) is 0. The number of carboxylic acid groups (broad SMARTS) is 2. The number of carboxylic acids is 2. The second kappa shape index (κ2) is 25.5. The van der Waals surface area contributed by atoms with Crippen LogP contribution < -0.4 is 43.4 Å². The third-order valence-corrected chi connectivity index (χ3v) is 8.94. The maximum atomic E-state index is 14.1. The maximum Gasteiger partial charge on any atom is 0.326 e. The maximum absolute atomic E-state index is 14.1. The van der Waals surface area contributed by atoms with Gasteiger partial charge in [-0.3, -0.25) is 33.6 Å². The number of amides is 6. The van der Waals surface area contributed by atoms with Crippen LogP contribution in [0.25, 0.3) is 0 Å². The molecule has 0 spiro atoms. The Kier molecular flexibility index (Phi) is 21.3. The number of benzene rings is 1. The molecule has 59 heavy (non-hydrogen) atoms. The summed E-state index contributed by atoms with van der Waals surface area (Å²) in [6, 6.07) is 1.26. The molecule has 1 aromatic carbocycles. The second-order valence-corrected chi connectivity index (χ2v) is 15.1. The third-order valence-electron chi connectivity index (χ3n) is 8.94. The van der Waals surface area contributed by atoms with Crippen LogP contribution in [0, 0.1) is 11.8 Å². The van der Waals surface area contributed by atoms with E-state index < -0.39 is 96.6 Å². The van der Waals surface area contributed by atoms with Crippen LogP contribution in [0.5, 0.6) is 0 Å². The highest BCUT2D eigenvalue weighted by Crippen LogP contribution is 2.12. The summed E-state index contributed by atoms with van der Waals surface area (Å²) >= 11 is 0. The molecule has 6 amide bonds. The number of aromatic amines is 1. The van der Waals surface area contributed by atoms with Gasteiger partial charge in [0.15, 0.2) is 0 Å². The summed E-state index contributed by atoms with van der Waals surface area (Å²) in [6.45, 7) is 7.01. The summed E-state index contributed by atoms with van der Waals surface area (Å²) in [4.78, 5) is 110. The van der Waals surface area contributed by atoms with Gasteiger partial charge in [0.05, 0.1) is 25.3 Å². The van der Waals surface area contributed by atoms with Gasteiger partial charge in [-0.15, -0.1) is 0 Å². The molecule has 20 nitrogen and oxygen atoms in total. The number of nitrogens with zero attached hydrogens (tertiary/aromatic N) is 1. The molecule has 0 bridgehead atoms. The van der Waals surface area contributed by atoms with Crippen LogP contribution in [0.1, 0.15) is 77.5 Å². The lowest BCUT2D eigenvalue weighted by atomic mass is 9.99. The van der Waals surface area contributed by atoms with Crippen molar-refractivity contribution in [2.45, 2.75) is 115 Å². The molecule has 0 aliphatic rings. The lowest BCUT2D eigenvalue weighted by Gasteiger charge is -2.28.